The molecule has 0 aliphatic heterocycles. The van der Waals surface area contributed by atoms with Crippen molar-refractivity contribution in [2.45, 2.75) is 177 Å². The summed E-state index contributed by atoms with van der Waals surface area (Å²) in [4.78, 5) is 9.30. The van der Waals surface area contributed by atoms with Crippen molar-refractivity contribution in [3.8, 4) is 6.07 Å². The Labute approximate surface area is 432 Å². The van der Waals surface area contributed by atoms with Crippen molar-refractivity contribution >= 4 is 92.4 Å². The predicted octanol–water partition coefficient (Wildman–Crippen LogP) is 7.97. The molecule has 0 amide bonds. The first kappa shape index (κ1) is 52.4. The molecule has 10 rings (SSSR count). The Kier molecular flexibility index (Phi) is 15.3. The number of fused-ring (bicyclic) bond motifs is 6. The Morgan fingerprint density at radius 1 is 0.676 bits per heavy atom. The molecule has 71 heavy (non-hydrogen) atoms. The lowest BCUT2D eigenvalue weighted by atomic mass is 9.93. The predicted molar refractivity (Wildman–Crippen MR) is 287 cm³/mol. The summed E-state index contributed by atoms with van der Waals surface area (Å²) in [5.41, 5.74) is 4.99. The first-order valence-electron chi connectivity index (χ1n) is 25.4. The molecule has 4 saturated carbocycles. The first-order chi connectivity index (χ1) is 33.7. The fourth-order valence-corrected chi connectivity index (χ4v) is 16.0. The standard InChI is InChI=1S/C24H35N7O3SSi.C23H35IN6O3SSi/c1-5-16-10-18(29-35(32,33)19-6-7-19)11-20(16)23-28-27-21-13-26-24-22(31(21)23)17(12-25)14-30(24)15-34-8-9-36(2,3)4;1-5-15-10-16(28-34(31,32)17-6-7-17)11-18(15)22-27-26-20-12-25-23-21(30(20)22)19(24)13-29(23)14-33-8-9-35(2,3)4/h13-14,16,18-20,29H,5-11,15H2,1-4H3;12-13,15-18,28H,5-11,14H2,1-4H3/t16-,18+,20+;15-,16+,18+/m11/s1. The molecule has 0 bridgehead atoms. The van der Waals surface area contributed by atoms with Gasteiger partial charge in [-0.05, 0) is 97.9 Å². The lowest BCUT2D eigenvalue weighted by Crippen LogP contribution is -2.35. The van der Waals surface area contributed by atoms with Crippen molar-refractivity contribution in [1.29, 1.82) is 5.26 Å². The van der Waals surface area contributed by atoms with E-state index in [-0.39, 0.29) is 40.3 Å². The van der Waals surface area contributed by atoms with Gasteiger partial charge in [0.1, 0.15) is 42.2 Å². The van der Waals surface area contributed by atoms with E-state index in [0.29, 0.717) is 54.8 Å². The zero-order valence-electron chi connectivity index (χ0n) is 42.3. The molecule has 0 aromatic carbocycles. The van der Waals surface area contributed by atoms with E-state index in [2.05, 4.69) is 132 Å². The van der Waals surface area contributed by atoms with Crippen LogP contribution in [0.5, 0.6) is 0 Å². The Morgan fingerprint density at radius 3 is 1.54 bits per heavy atom. The van der Waals surface area contributed by atoms with Gasteiger partial charge in [-0.25, -0.2) is 36.2 Å². The van der Waals surface area contributed by atoms with Crippen LogP contribution in [-0.4, -0.2) is 117 Å². The fraction of sp³-hybridized carbons (Fsp3) is 0.681. The molecule has 6 aromatic heterocycles. The van der Waals surface area contributed by atoms with Gasteiger partial charge in [-0.3, -0.25) is 8.80 Å². The summed E-state index contributed by atoms with van der Waals surface area (Å²) in [7, 11) is -8.82. The van der Waals surface area contributed by atoms with E-state index in [9.17, 15) is 22.1 Å². The molecule has 6 heterocycles. The number of halogens is 1. The van der Waals surface area contributed by atoms with E-state index in [1.54, 1.807) is 18.6 Å². The highest BCUT2D eigenvalue weighted by Crippen LogP contribution is 2.44. The zero-order valence-corrected chi connectivity index (χ0v) is 48.1. The molecule has 4 aliphatic carbocycles. The van der Waals surface area contributed by atoms with E-state index in [0.717, 1.165) is 109 Å². The Balaban J connectivity index is 0.000000176. The van der Waals surface area contributed by atoms with Gasteiger partial charge in [0.25, 0.3) is 0 Å². The minimum atomic E-state index is -3.26. The number of ether oxygens (including phenoxy) is 2. The number of rotatable bonds is 20. The number of nitriles is 1. The lowest BCUT2D eigenvalue weighted by molar-refractivity contribution is 0.0897. The second-order valence-electron chi connectivity index (χ2n) is 22.7. The minimum absolute atomic E-state index is 0.0328. The molecule has 19 nitrogen and oxygen atoms in total. The third kappa shape index (κ3) is 11.6. The van der Waals surface area contributed by atoms with Crippen LogP contribution >= 0.6 is 22.6 Å². The van der Waals surface area contributed by atoms with Crippen molar-refractivity contribution in [2.24, 2.45) is 11.8 Å². The molecule has 4 fully saturated rings. The molecule has 0 radical (unpaired) electrons. The third-order valence-corrected chi connectivity index (χ3v) is 23.0. The SMILES string of the molecule is CC[C@@H]1C[C@H](NS(=O)(=O)C2CC2)C[C@@H]1c1nnc2cnc3c(c(C#N)cn3COCC[Si](C)(C)C)n12.CC[C@@H]1C[C@H](NS(=O)(=O)C2CC2)C[C@@H]1c1nnc2cnc3c(c(I)cn3COCC[Si](C)(C)C)n12. The van der Waals surface area contributed by atoms with Crippen LogP contribution in [0.4, 0.5) is 0 Å². The Morgan fingerprint density at radius 2 is 1.11 bits per heavy atom. The van der Waals surface area contributed by atoms with Gasteiger partial charge in [-0.15, -0.1) is 20.4 Å². The van der Waals surface area contributed by atoms with Gasteiger partial charge in [0.2, 0.25) is 20.0 Å². The number of nitrogens with one attached hydrogen (secondary N) is 2. The molecule has 24 heteroatoms. The van der Waals surface area contributed by atoms with E-state index in [1.807, 2.05) is 8.97 Å². The van der Waals surface area contributed by atoms with Crippen LogP contribution in [0.1, 0.15) is 107 Å². The van der Waals surface area contributed by atoms with Gasteiger partial charge >= 0.3 is 0 Å². The Bertz CT molecular complexity index is 3170. The van der Waals surface area contributed by atoms with E-state index in [1.165, 1.54) is 0 Å². The van der Waals surface area contributed by atoms with Gasteiger partial charge in [-0.2, -0.15) is 5.26 Å². The second-order valence-corrected chi connectivity index (χ2v) is 39.1. The summed E-state index contributed by atoms with van der Waals surface area (Å²) in [6.45, 7) is 20.5. The highest BCUT2D eigenvalue weighted by atomic mass is 127. The van der Waals surface area contributed by atoms with Gasteiger partial charge < -0.3 is 18.6 Å². The third-order valence-electron chi connectivity index (χ3n) is 14.7. The normalized spacial score (nSPS) is 23.3. The molecule has 6 atom stereocenters. The zero-order chi connectivity index (χ0) is 50.6. The fourth-order valence-electron chi connectivity index (χ4n) is 10.4. The topological polar surface area (TPSA) is 231 Å². The Hall–Kier alpha value is -3.43. The van der Waals surface area contributed by atoms with Crippen molar-refractivity contribution in [3.05, 3.63) is 45.6 Å². The molecular formula is C47H70IN13O6S2Si2. The molecule has 0 saturated heterocycles. The maximum absolute atomic E-state index is 12.6. The average molecular weight is 1160 g/mol. The lowest BCUT2D eigenvalue weighted by Gasteiger charge is -2.16. The summed E-state index contributed by atoms with van der Waals surface area (Å²) < 4.78 is 77.3. The van der Waals surface area contributed by atoms with Crippen molar-refractivity contribution < 1.29 is 26.3 Å². The maximum Gasteiger partial charge on any atom is 0.214 e. The maximum atomic E-state index is 12.6. The van der Waals surface area contributed by atoms with Gasteiger partial charge in [-0.1, -0.05) is 66.0 Å². The summed E-state index contributed by atoms with van der Waals surface area (Å²) in [6.07, 6.45) is 15.3. The smallest absolute Gasteiger partial charge is 0.214 e. The van der Waals surface area contributed by atoms with Crippen molar-refractivity contribution in [3.63, 3.8) is 0 Å². The molecular weight excluding hydrogens is 1090 g/mol. The molecule has 6 aromatic rings. The number of nitrogens with zero attached hydrogens (tertiary/aromatic N) is 11. The average Bonchev–Trinajstić information content (AvgIpc) is 4.08. The quantitative estimate of drug-likeness (QED) is 0.0420. The van der Waals surface area contributed by atoms with Gasteiger partial charge in [0.15, 0.2) is 22.6 Å². The summed E-state index contributed by atoms with van der Waals surface area (Å²) >= 11 is 2.35. The minimum Gasteiger partial charge on any atom is -0.361 e. The molecule has 2 N–H and O–H groups in total. The number of hydrogen-bond donors (Lipinski definition) is 2. The molecule has 0 spiro atoms. The number of hydrogen-bond acceptors (Lipinski definition) is 13. The molecule has 4 aliphatic rings. The summed E-state index contributed by atoms with van der Waals surface area (Å²) in [5, 5.41) is 27.5. The highest BCUT2D eigenvalue weighted by molar-refractivity contribution is 14.1. The van der Waals surface area contributed by atoms with Crippen LogP contribution in [0.15, 0.2) is 24.8 Å². The summed E-state index contributed by atoms with van der Waals surface area (Å²) in [6, 6.07) is 4.34. The van der Waals surface area contributed by atoms with E-state index >= 15 is 0 Å². The second kappa shape index (κ2) is 20.7. The highest BCUT2D eigenvalue weighted by Gasteiger charge is 2.44. The van der Waals surface area contributed by atoms with Crippen LogP contribution in [0, 0.1) is 26.7 Å². The van der Waals surface area contributed by atoms with E-state index in [4.69, 9.17) is 14.5 Å². The monoisotopic (exact) mass is 1160 g/mol. The molecule has 386 valence electrons. The van der Waals surface area contributed by atoms with Crippen molar-refractivity contribution in [1.82, 2.24) is 57.7 Å². The van der Waals surface area contributed by atoms with Crippen LogP contribution in [-0.2, 0) is 43.0 Å². The first-order valence-corrected chi connectivity index (χ1v) is 37.0. The van der Waals surface area contributed by atoms with Crippen LogP contribution in [0.25, 0.3) is 33.6 Å². The molecule has 0 unspecified atom stereocenters. The van der Waals surface area contributed by atoms with Gasteiger partial charge in [0.05, 0.1) is 32.0 Å². The van der Waals surface area contributed by atoms with Crippen molar-refractivity contribution in [2.75, 3.05) is 13.2 Å². The van der Waals surface area contributed by atoms with E-state index < -0.39 is 36.2 Å². The van der Waals surface area contributed by atoms with Crippen LogP contribution in [0.2, 0.25) is 51.4 Å². The van der Waals surface area contributed by atoms with Crippen LogP contribution < -0.4 is 9.44 Å². The largest absolute Gasteiger partial charge is 0.361 e. The van der Waals surface area contributed by atoms with Crippen LogP contribution in [0.3, 0.4) is 0 Å². The van der Waals surface area contributed by atoms with Gasteiger partial charge in [0, 0.05) is 65.7 Å². The summed E-state index contributed by atoms with van der Waals surface area (Å²) in [5.74, 6) is 2.46. The number of aromatic nitrogens is 10. The number of sulfonamides is 2.